The van der Waals surface area contributed by atoms with Crippen LogP contribution in [0.4, 0.5) is 0 Å². The van der Waals surface area contributed by atoms with Crippen LogP contribution in [0.5, 0.6) is 0 Å². The average molecular weight is 257 g/mol. The summed E-state index contributed by atoms with van der Waals surface area (Å²) in [4.78, 5) is 0. The Hall–Kier alpha value is -0.160. The van der Waals surface area contributed by atoms with Gasteiger partial charge >= 0.3 is 0 Å². The van der Waals surface area contributed by atoms with Crippen molar-refractivity contribution in [1.82, 2.24) is 5.32 Å². The highest BCUT2D eigenvalue weighted by Crippen LogP contribution is 2.22. The lowest BCUT2D eigenvalue weighted by Gasteiger charge is -2.18. The molecular formula is C14H27NO3. The summed E-state index contributed by atoms with van der Waals surface area (Å²) in [5.74, 6) is 0. The van der Waals surface area contributed by atoms with Crippen LogP contribution in [0.25, 0.3) is 0 Å². The van der Waals surface area contributed by atoms with Gasteiger partial charge in [-0.1, -0.05) is 12.8 Å². The SMILES string of the molecule is COC1CCC(NCC(O)COC2CCCC2)C1. The van der Waals surface area contributed by atoms with Gasteiger partial charge in [0.2, 0.25) is 0 Å². The summed E-state index contributed by atoms with van der Waals surface area (Å²) >= 11 is 0. The third-order valence-corrected chi connectivity index (χ3v) is 4.19. The fraction of sp³-hybridized carbons (Fsp3) is 1.00. The van der Waals surface area contributed by atoms with E-state index in [0.717, 1.165) is 32.1 Å². The van der Waals surface area contributed by atoms with E-state index in [0.29, 0.717) is 31.4 Å². The second-order valence-corrected chi connectivity index (χ2v) is 5.67. The van der Waals surface area contributed by atoms with Crippen molar-refractivity contribution >= 4 is 0 Å². The molecule has 2 rings (SSSR count). The zero-order valence-corrected chi connectivity index (χ0v) is 11.4. The molecule has 2 fully saturated rings. The molecule has 106 valence electrons. The molecule has 0 aromatic heterocycles. The molecule has 0 aromatic carbocycles. The van der Waals surface area contributed by atoms with Gasteiger partial charge in [-0.05, 0) is 32.1 Å². The van der Waals surface area contributed by atoms with Gasteiger partial charge in [0.05, 0.1) is 24.9 Å². The van der Waals surface area contributed by atoms with Crippen LogP contribution in [0.1, 0.15) is 44.9 Å². The number of methoxy groups -OCH3 is 1. The molecule has 0 saturated heterocycles. The molecule has 0 heterocycles. The zero-order chi connectivity index (χ0) is 12.8. The van der Waals surface area contributed by atoms with E-state index in [4.69, 9.17) is 9.47 Å². The molecule has 3 atom stereocenters. The normalized spacial score (nSPS) is 31.0. The molecule has 3 unspecified atom stereocenters. The van der Waals surface area contributed by atoms with E-state index < -0.39 is 0 Å². The van der Waals surface area contributed by atoms with Gasteiger partial charge in [-0.15, -0.1) is 0 Å². The predicted octanol–water partition coefficient (Wildman–Crippen LogP) is 1.46. The molecular weight excluding hydrogens is 230 g/mol. The summed E-state index contributed by atoms with van der Waals surface area (Å²) < 4.78 is 11.0. The molecule has 0 spiro atoms. The Kier molecular flexibility index (Phi) is 5.89. The fourth-order valence-corrected chi connectivity index (χ4v) is 3.00. The molecule has 0 aromatic rings. The maximum Gasteiger partial charge on any atom is 0.0897 e. The van der Waals surface area contributed by atoms with Gasteiger partial charge in [-0.3, -0.25) is 0 Å². The standard InChI is InChI=1S/C14H27NO3/c1-17-14-7-6-11(8-14)15-9-12(16)10-18-13-4-2-3-5-13/h11-16H,2-10H2,1H3. The van der Waals surface area contributed by atoms with Gasteiger partial charge in [-0.2, -0.15) is 0 Å². The summed E-state index contributed by atoms with van der Waals surface area (Å²) in [7, 11) is 1.78. The highest BCUT2D eigenvalue weighted by molar-refractivity contribution is 4.81. The van der Waals surface area contributed by atoms with Gasteiger partial charge in [0, 0.05) is 19.7 Å². The first-order valence-corrected chi connectivity index (χ1v) is 7.33. The van der Waals surface area contributed by atoms with Gasteiger partial charge in [0.15, 0.2) is 0 Å². The molecule has 0 aliphatic heterocycles. The van der Waals surface area contributed by atoms with E-state index in [1.807, 2.05) is 0 Å². The summed E-state index contributed by atoms with van der Waals surface area (Å²) in [5.41, 5.74) is 0. The Morgan fingerprint density at radius 3 is 2.61 bits per heavy atom. The van der Waals surface area contributed by atoms with Crippen LogP contribution in [0.2, 0.25) is 0 Å². The van der Waals surface area contributed by atoms with Gasteiger partial charge in [-0.25, -0.2) is 0 Å². The Balaban J connectivity index is 1.53. The van der Waals surface area contributed by atoms with E-state index in [9.17, 15) is 5.11 Å². The van der Waals surface area contributed by atoms with Crippen molar-refractivity contribution < 1.29 is 14.6 Å². The monoisotopic (exact) mass is 257 g/mol. The number of hydrogen-bond donors (Lipinski definition) is 2. The summed E-state index contributed by atoms with van der Waals surface area (Å²) in [6.45, 7) is 1.10. The van der Waals surface area contributed by atoms with E-state index >= 15 is 0 Å². The molecule has 4 heteroatoms. The highest BCUT2D eigenvalue weighted by Gasteiger charge is 2.24. The quantitative estimate of drug-likeness (QED) is 0.725. The Morgan fingerprint density at radius 2 is 1.94 bits per heavy atom. The van der Waals surface area contributed by atoms with Crippen molar-refractivity contribution in [2.24, 2.45) is 0 Å². The lowest BCUT2D eigenvalue weighted by molar-refractivity contribution is -0.00633. The van der Waals surface area contributed by atoms with Crippen LogP contribution in [-0.4, -0.2) is 49.7 Å². The van der Waals surface area contributed by atoms with Crippen LogP contribution >= 0.6 is 0 Å². The largest absolute Gasteiger partial charge is 0.389 e. The van der Waals surface area contributed by atoms with Crippen molar-refractivity contribution in [2.45, 2.75) is 69.3 Å². The predicted molar refractivity (Wildman–Crippen MR) is 70.7 cm³/mol. The maximum atomic E-state index is 9.87. The van der Waals surface area contributed by atoms with E-state index in [2.05, 4.69) is 5.32 Å². The molecule has 0 amide bonds. The highest BCUT2D eigenvalue weighted by atomic mass is 16.5. The second-order valence-electron chi connectivity index (χ2n) is 5.67. The van der Waals surface area contributed by atoms with Crippen LogP contribution in [0.3, 0.4) is 0 Å². The maximum absolute atomic E-state index is 9.87. The topological polar surface area (TPSA) is 50.7 Å². The second kappa shape index (κ2) is 7.43. The minimum atomic E-state index is -0.382. The first-order chi connectivity index (χ1) is 8.78. The summed E-state index contributed by atoms with van der Waals surface area (Å²) in [6, 6.07) is 0.496. The lowest BCUT2D eigenvalue weighted by atomic mass is 10.2. The molecule has 0 radical (unpaired) electrons. The minimum Gasteiger partial charge on any atom is -0.389 e. The summed E-state index contributed by atoms with van der Waals surface area (Å²) in [5, 5.41) is 13.3. The lowest BCUT2D eigenvalue weighted by Crippen LogP contribution is -2.37. The zero-order valence-electron chi connectivity index (χ0n) is 11.4. The smallest absolute Gasteiger partial charge is 0.0897 e. The van der Waals surface area contributed by atoms with Crippen molar-refractivity contribution in [3.05, 3.63) is 0 Å². The van der Waals surface area contributed by atoms with E-state index in [1.54, 1.807) is 7.11 Å². The van der Waals surface area contributed by atoms with Crippen molar-refractivity contribution in [3.8, 4) is 0 Å². The molecule has 2 aliphatic rings. The van der Waals surface area contributed by atoms with E-state index in [1.165, 1.54) is 12.8 Å². The fourth-order valence-electron chi connectivity index (χ4n) is 3.00. The van der Waals surface area contributed by atoms with Gasteiger partial charge in [0.1, 0.15) is 0 Å². The Labute approximate surface area is 110 Å². The third-order valence-electron chi connectivity index (χ3n) is 4.19. The molecule has 2 N–H and O–H groups in total. The average Bonchev–Trinajstić information content (AvgIpc) is 3.04. The molecule has 18 heavy (non-hydrogen) atoms. The molecule has 0 bridgehead atoms. The number of aliphatic hydroxyl groups excluding tert-OH is 1. The number of rotatable bonds is 7. The Bertz CT molecular complexity index is 231. The third kappa shape index (κ3) is 4.50. The van der Waals surface area contributed by atoms with E-state index in [-0.39, 0.29) is 6.10 Å². The van der Waals surface area contributed by atoms with Gasteiger partial charge in [0.25, 0.3) is 0 Å². The van der Waals surface area contributed by atoms with Crippen molar-refractivity contribution in [3.63, 3.8) is 0 Å². The first-order valence-electron chi connectivity index (χ1n) is 7.33. The van der Waals surface area contributed by atoms with Crippen molar-refractivity contribution in [1.29, 1.82) is 0 Å². The minimum absolute atomic E-state index is 0.382. The molecule has 2 saturated carbocycles. The Morgan fingerprint density at radius 1 is 1.17 bits per heavy atom. The molecule has 2 aliphatic carbocycles. The number of aliphatic hydroxyl groups is 1. The first kappa shape index (κ1) is 14.3. The summed E-state index contributed by atoms with van der Waals surface area (Å²) in [6.07, 6.45) is 8.63. The number of ether oxygens (including phenoxy) is 2. The number of hydrogen-bond acceptors (Lipinski definition) is 4. The van der Waals surface area contributed by atoms with Crippen LogP contribution in [-0.2, 0) is 9.47 Å². The van der Waals surface area contributed by atoms with Crippen LogP contribution in [0, 0.1) is 0 Å². The van der Waals surface area contributed by atoms with Gasteiger partial charge < -0.3 is 19.9 Å². The van der Waals surface area contributed by atoms with Crippen LogP contribution in [0.15, 0.2) is 0 Å². The molecule has 4 nitrogen and oxygen atoms in total. The van der Waals surface area contributed by atoms with Crippen LogP contribution < -0.4 is 5.32 Å². The van der Waals surface area contributed by atoms with Crippen molar-refractivity contribution in [2.75, 3.05) is 20.3 Å². The number of nitrogens with one attached hydrogen (secondary N) is 1.